The van der Waals surface area contributed by atoms with Crippen LogP contribution in [0.1, 0.15) is 34.5 Å². The second kappa shape index (κ2) is 3.90. The van der Waals surface area contributed by atoms with Crippen molar-refractivity contribution in [1.82, 2.24) is 0 Å². The SMILES string of the molecule is C=CCCC(=O)c1occ2c1CS(=O)(=O)C2. The summed E-state index contributed by atoms with van der Waals surface area (Å²) in [7, 11) is -3.07. The van der Waals surface area contributed by atoms with Crippen LogP contribution in [0.5, 0.6) is 0 Å². The van der Waals surface area contributed by atoms with Crippen molar-refractivity contribution >= 4 is 15.6 Å². The third-order valence-electron chi connectivity index (χ3n) is 2.55. The number of hydrogen-bond acceptors (Lipinski definition) is 4. The molecule has 1 aromatic rings. The predicted molar refractivity (Wildman–Crippen MR) is 58.8 cm³/mol. The molecule has 16 heavy (non-hydrogen) atoms. The minimum Gasteiger partial charge on any atom is -0.461 e. The summed E-state index contributed by atoms with van der Waals surface area (Å²) < 4.78 is 27.9. The lowest BCUT2D eigenvalue weighted by Crippen LogP contribution is -2.02. The van der Waals surface area contributed by atoms with Gasteiger partial charge in [-0.1, -0.05) is 6.08 Å². The van der Waals surface area contributed by atoms with Crippen LogP contribution in [-0.4, -0.2) is 14.2 Å². The molecule has 0 saturated heterocycles. The molecule has 2 heterocycles. The van der Waals surface area contributed by atoms with Gasteiger partial charge in [0, 0.05) is 17.5 Å². The molecular weight excluding hydrogens is 228 g/mol. The van der Waals surface area contributed by atoms with Gasteiger partial charge < -0.3 is 4.42 Å². The highest BCUT2D eigenvalue weighted by Crippen LogP contribution is 2.30. The van der Waals surface area contributed by atoms with Gasteiger partial charge in [0.2, 0.25) is 0 Å². The maximum Gasteiger partial charge on any atom is 0.198 e. The third-order valence-corrected chi connectivity index (χ3v) is 4.03. The number of ketones is 1. The highest BCUT2D eigenvalue weighted by molar-refractivity contribution is 7.90. The van der Waals surface area contributed by atoms with Crippen molar-refractivity contribution in [3.63, 3.8) is 0 Å². The maximum atomic E-state index is 11.7. The zero-order valence-corrected chi connectivity index (χ0v) is 9.55. The Labute approximate surface area is 93.9 Å². The molecule has 0 fully saturated rings. The number of hydrogen-bond donors (Lipinski definition) is 0. The standard InChI is InChI=1S/C11H12O4S/c1-2-3-4-10(12)11-9-7-16(13,14)6-8(9)5-15-11/h2,5H,1,3-4,6-7H2. The van der Waals surface area contributed by atoms with Gasteiger partial charge in [-0.25, -0.2) is 8.42 Å². The molecule has 0 unspecified atom stereocenters. The minimum atomic E-state index is -3.07. The first-order chi connectivity index (χ1) is 7.53. The van der Waals surface area contributed by atoms with Crippen LogP contribution in [0, 0.1) is 0 Å². The first-order valence-electron chi connectivity index (χ1n) is 4.97. The molecule has 1 aliphatic rings. The molecule has 0 saturated carbocycles. The van der Waals surface area contributed by atoms with E-state index < -0.39 is 9.84 Å². The third kappa shape index (κ3) is 1.95. The van der Waals surface area contributed by atoms with Gasteiger partial charge in [0.15, 0.2) is 21.4 Å². The van der Waals surface area contributed by atoms with Crippen LogP contribution >= 0.6 is 0 Å². The molecule has 0 aromatic carbocycles. The number of Topliss-reactive ketones (excluding diaryl/α,β-unsaturated/α-hetero) is 1. The molecule has 0 spiro atoms. The Bertz CT molecular complexity index is 536. The Kier molecular flexibility index (Phi) is 2.71. The molecule has 0 aliphatic carbocycles. The molecule has 0 atom stereocenters. The predicted octanol–water partition coefficient (Wildman–Crippen LogP) is 1.86. The highest BCUT2D eigenvalue weighted by Gasteiger charge is 2.31. The summed E-state index contributed by atoms with van der Waals surface area (Å²) in [5.41, 5.74) is 1.18. The van der Waals surface area contributed by atoms with E-state index in [-0.39, 0.29) is 23.0 Å². The van der Waals surface area contributed by atoms with Crippen LogP contribution in [-0.2, 0) is 21.3 Å². The lowest BCUT2D eigenvalue weighted by atomic mass is 10.1. The second-order valence-electron chi connectivity index (χ2n) is 3.85. The van der Waals surface area contributed by atoms with Gasteiger partial charge in [-0.2, -0.15) is 0 Å². The number of carbonyl (C=O) groups excluding carboxylic acids is 1. The quantitative estimate of drug-likeness (QED) is 0.595. The van der Waals surface area contributed by atoms with Gasteiger partial charge in [-0.15, -0.1) is 6.58 Å². The van der Waals surface area contributed by atoms with E-state index in [0.29, 0.717) is 24.0 Å². The maximum absolute atomic E-state index is 11.7. The fourth-order valence-electron chi connectivity index (χ4n) is 1.79. The van der Waals surface area contributed by atoms with Crippen molar-refractivity contribution < 1.29 is 17.6 Å². The Morgan fingerprint density at radius 3 is 2.94 bits per heavy atom. The summed E-state index contributed by atoms with van der Waals surface area (Å²) in [5.74, 6) is -0.0367. The van der Waals surface area contributed by atoms with Crippen molar-refractivity contribution in [2.24, 2.45) is 0 Å². The number of rotatable bonds is 4. The normalized spacial score (nSPS) is 17.0. The minimum absolute atomic E-state index is 0.0133. The Hall–Kier alpha value is -1.36. The summed E-state index contributed by atoms with van der Waals surface area (Å²) >= 11 is 0. The summed E-state index contributed by atoms with van der Waals surface area (Å²) in [4.78, 5) is 11.7. The first-order valence-corrected chi connectivity index (χ1v) is 6.79. The van der Waals surface area contributed by atoms with Crippen LogP contribution in [0.2, 0.25) is 0 Å². The van der Waals surface area contributed by atoms with E-state index in [1.807, 2.05) is 0 Å². The number of furan rings is 1. The molecule has 1 aromatic heterocycles. The molecule has 0 amide bonds. The lowest BCUT2D eigenvalue weighted by molar-refractivity contribution is 0.0956. The second-order valence-corrected chi connectivity index (χ2v) is 5.92. The van der Waals surface area contributed by atoms with Gasteiger partial charge in [0.25, 0.3) is 0 Å². The molecule has 1 aliphatic heterocycles. The largest absolute Gasteiger partial charge is 0.461 e. The fraction of sp³-hybridized carbons (Fsp3) is 0.364. The van der Waals surface area contributed by atoms with E-state index >= 15 is 0 Å². The van der Waals surface area contributed by atoms with E-state index in [4.69, 9.17) is 4.42 Å². The van der Waals surface area contributed by atoms with Crippen LogP contribution in [0.25, 0.3) is 0 Å². The Morgan fingerprint density at radius 2 is 2.25 bits per heavy atom. The van der Waals surface area contributed by atoms with E-state index in [1.165, 1.54) is 6.26 Å². The lowest BCUT2D eigenvalue weighted by Gasteiger charge is -1.97. The van der Waals surface area contributed by atoms with Crippen molar-refractivity contribution in [2.75, 3.05) is 0 Å². The monoisotopic (exact) mass is 240 g/mol. The zero-order chi connectivity index (χ0) is 11.8. The Morgan fingerprint density at radius 1 is 1.50 bits per heavy atom. The number of allylic oxidation sites excluding steroid dienone is 1. The van der Waals surface area contributed by atoms with Gasteiger partial charge in [0.1, 0.15) is 0 Å². The van der Waals surface area contributed by atoms with E-state index in [1.54, 1.807) is 6.08 Å². The van der Waals surface area contributed by atoms with Crippen LogP contribution < -0.4 is 0 Å². The summed E-state index contributed by atoms with van der Waals surface area (Å²) in [6.45, 7) is 3.53. The van der Waals surface area contributed by atoms with E-state index in [9.17, 15) is 13.2 Å². The molecule has 5 heteroatoms. The Balaban J connectivity index is 2.26. The average molecular weight is 240 g/mol. The first kappa shape index (κ1) is 11.1. The summed E-state index contributed by atoms with van der Waals surface area (Å²) in [6.07, 6.45) is 3.91. The molecule has 86 valence electrons. The number of carbonyl (C=O) groups is 1. The molecule has 0 bridgehead atoms. The van der Waals surface area contributed by atoms with Gasteiger partial charge in [-0.05, 0) is 6.42 Å². The van der Waals surface area contributed by atoms with Crippen molar-refractivity contribution in [1.29, 1.82) is 0 Å². The molecule has 0 N–H and O–H groups in total. The molecule has 0 radical (unpaired) electrons. The average Bonchev–Trinajstić information content (AvgIpc) is 2.69. The summed E-state index contributed by atoms with van der Waals surface area (Å²) in [5, 5.41) is 0. The zero-order valence-electron chi connectivity index (χ0n) is 8.73. The van der Waals surface area contributed by atoms with E-state index in [0.717, 1.165) is 0 Å². The number of fused-ring (bicyclic) bond motifs is 1. The fourth-order valence-corrected chi connectivity index (χ4v) is 3.36. The van der Waals surface area contributed by atoms with Crippen LogP contribution in [0.4, 0.5) is 0 Å². The van der Waals surface area contributed by atoms with Crippen LogP contribution in [0.3, 0.4) is 0 Å². The van der Waals surface area contributed by atoms with Gasteiger partial charge in [-0.3, -0.25) is 4.79 Å². The van der Waals surface area contributed by atoms with Crippen molar-refractivity contribution in [2.45, 2.75) is 24.3 Å². The molecular formula is C11H12O4S. The van der Waals surface area contributed by atoms with Crippen molar-refractivity contribution in [3.05, 3.63) is 35.8 Å². The van der Waals surface area contributed by atoms with Crippen molar-refractivity contribution in [3.8, 4) is 0 Å². The summed E-state index contributed by atoms with van der Waals surface area (Å²) in [6, 6.07) is 0. The molecule has 2 rings (SSSR count). The topological polar surface area (TPSA) is 64.3 Å². The van der Waals surface area contributed by atoms with Gasteiger partial charge in [0.05, 0.1) is 17.8 Å². The highest BCUT2D eigenvalue weighted by atomic mass is 32.2. The van der Waals surface area contributed by atoms with Gasteiger partial charge >= 0.3 is 0 Å². The smallest absolute Gasteiger partial charge is 0.198 e. The van der Waals surface area contributed by atoms with E-state index in [2.05, 4.69) is 6.58 Å². The molecule has 4 nitrogen and oxygen atoms in total. The number of sulfone groups is 1. The van der Waals surface area contributed by atoms with Crippen LogP contribution in [0.15, 0.2) is 23.3 Å².